The van der Waals surface area contributed by atoms with Crippen molar-refractivity contribution in [1.82, 2.24) is 14.9 Å². The number of hydrazine groups is 1. The smallest absolute Gasteiger partial charge is 0.339 e. The summed E-state index contributed by atoms with van der Waals surface area (Å²) >= 11 is 0. The molecular formula is C20H27N3O5. The fraction of sp³-hybridized carbons (Fsp3) is 0.550. The highest BCUT2D eigenvalue weighted by Gasteiger charge is 2.41. The lowest BCUT2D eigenvalue weighted by Crippen LogP contribution is -2.57. The summed E-state index contributed by atoms with van der Waals surface area (Å²) < 4.78 is 10.7. The zero-order valence-electron chi connectivity index (χ0n) is 16.3. The molecule has 2 atom stereocenters. The van der Waals surface area contributed by atoms with E-state index in [-0.39, 0.29) is 31.0 Å². The van der Waals surface area contributed by atoms with Crippen LogP contribution in [0.15, 0.2) is 36.0 Å². The fourth-order valence-electron chi connectivity index (χ4n) is 3.43. The SMILES string of the molecule is CC(C)CN(C(=O)N1CCOCC1=C=O)N1COC(O)C1Cc1ccccc1. The van der Waals surface area contributed by atoms with Crippen LogP contribution < -0.4 is 0 Å². The topological polar surface area (TPSA) is 82.6 Å². The Morgan fingerprint density at radius 3 is 2.79 bits per heavy atom. The van der Waals surface area contributed by atoms with Crippen LogP contribution in [0.3, 0.4) is 0 Å². The minimum absolute atomic E-state index is 0.0668. The first kappa shape index (κ1) is 20.5. The fourth-order valence-corrected chi connectivity index (χ4v) is 3.43. The molecule has 0 spiro atoms. The number of morpholine rings is 1. The molecule has 2 unspecified atom stereocenters. The van der Waals surface area contributed by atoms with Crippen LogP contribution in [0, 0.1) is 5.92 Å². The van der Waals surface area contributed by atoms with E-state index in [1.165, 1.54) is 4.90 Å². The van der Waals surface area contributed by atoms with Gasteiger partial charge in [0.2, 0.25) is 0 Å². The molecule has 8 nitrogen and oxygen atoms in total. The van der Waals surface area contributed by atoms with Gasteiger partial charge in [-0.05, 0) is 17.9 Å². The van der Waals surface area contributed by atoms with Crippen molar-refractivity contribution in [2.45, 2.75) is 32.6 Å². The molecule has 3 rings (SSSR count). The Morgan fingerprint density at radius 2 is 2.11 bits per heavy atom. The molecule has 1 N–H and O–H groups in total. The number of rotatable bonds is 5. The molecule has 0 aromatic heterocycles. The van der Waals surface area contributed by atoms with E-state index in [0.29, 0.717) is 26.1 Å². The highest BCUT2D eigenvalue weighted by molar-refractivity contribution is 5.78. The number of nitrogens with zero attached hydrogens (tertiary/aromatic N) is 3. The van der Waals surface area contributed by atoms with Gasteiger partial charge in [0.1, 0.15) is 18.4 Å². The summed E-state index contributed by atoms with van der Waals surface area (Å²) in [6.45, 7) is 5.27. The van der Waals surface area contributed by atoms with Gasteiger partial charge in [0.05, 0.1) is 25.8 Å². The van der Waals surface area contributed by atoms with Gasteiger partial charge in [0.15, 0.2) is 6.29 Å². The highest BCUT2D eigenvalue weighted by Crippen LogP contribution is 2.25. The van der Waals surface area contributed by atoms with Crippen LogP contribution in [0.5, 0.6) is 0 Å². The molecule has 2 aliphatic heterocycles. The predicted octanol–water partition coefficient (Wildman–Crippen LogP) is 1.25. The van der Waals surface area contributed by atoms with Gasteiger partial charge in [-0.2, -0.15) is 5.01 Å². The largest absolute Gasteiger partial charge is 0.373 e. The third kappa shape index (κ3) is 4.60. The van der Waals surface area contributed by atoms with E-state index in [1.54, 1.807) is 10.0 Å². The van der Waals surface area contributed by atoms with Gasteiger partial charge in [-0.25, -0.2) is 9.59 Å². The number of carbonyl (C=O) groups is 1. The van der Waals surface area contributed by atoms with Crippen molar-refractivity contribution in [3.63, 3.8) is 0 Å². The van der Waals surface area contributed by atoms with E-state index in [4.69, 9.17) is 9.47 Å². The molecular weight excluding hydrogens is 362 g/mol. The molecule has 1 aromatic carbocycles. The maximum Gasteiger partial charge on any atom is 0.339 e. The van der Waals surface area contributed by atoms with Crippen LogP contribution in [0.25, 0.3) is 0 Å². The minimum Gasteiger partial charge on any atom is -0.373 e. The second-order valence-corrected chi connectivity index (χ2v) is 7.39. The van der Waals surface area contributed by atoms with Crippen LogP contribution in [0.4, 0.5) is 4.79 Å². The molecule has 8 heteroatoms. The zero-order valence-corrected chi connectivity index (χ0v) is 16.3. The molecule has 0 aliphatic carbocycles. The van der Waals surface area contributed by atoms with Crippen LogP contribution in [-0.4, -0.2) is 77.4 Å². The molecule has 1 aromatic rings. The lowest BCUT2D eigenvalue weighted by molar-refractivity contribution is -0.0680. The maximum atomic E-state index is 13.3. The van der Waals surface area contributed by atoms with E-state index in [2.05, 4.69) is 0 Å². The Morgan fingerprint density at radius 1 is 1.36 bits per heavy atom. The third-order valence-corrected chi connectivity index (χ3v) is 4.82. The summed E-state index contributed by atoms with van der Waals surface area (Å²) in [7, 11) is 0. The van der Waals surface area contributed by atoms with Gasteiger partial charge in [-0.1, -0.05) is 44.2 Å². The Kier molecular flexibility index (Phi) is 6.83. The summed E-state index contributed by atoms with van der Waals surface area (Å²) in [4.78, 5) is 26.0. The van der Waals surface area contributed by atoms with Gasteiger partial charge in [0, 0.05) is 6.54 Å². The van der Waals surface area contributed by atoms with Crippen molar-refractivity contribution < 1.29 is 24.2 Å². The highest BCUT2D eigenvalue weighted by atomic mass is 16.6. The number of hydrogen-bond acceptors (Lipinski definition) is 6. The average Bonchev–Trinajstić information content (AvgIpc) is 3.06. The van der Waals surface area contributed by atoms with Crippen molar-refractivity contribution in [1.29, 1.82) is 0 Å². The van der Waals surface area contributed by atoms with Gasteiger partial charge < -0.3 is 14.6 Å². The Labute approximate surface area is 164 Å². The summed E-state index contributed by atoms with van der Waals surface area (Å²) in [6, 6.07) is 9.03. The summed E-state index contributed by atoms with van der Waals surface area (Å²) in [5, 5.41) is 13.7. The predicted molar refractivity (Wildman–Crippen MR) is 101 cm³/mol. The number of benzene rings is 1. The third-order valence-electron chi connectivity index (χ3n) is 4.82. The molecule has 0 saturated carbocycles. The summed E-state index contributed by atoms with van der Waals surface area (Å²) in [5.41, 5.74) is 1.23. The molecule has 2 aliphatic rings. The molecule has 0 radical (unpaired) electrons. The average molecular weight is 389 g/mol. The molecule has 2 heterocycles. The van der Waals surface area contributed by atoms with Gasteiger partial charge >= 0.3 is 6.03 Å². The van der Waals surface area contributed by atoms with Crippen LogP contribution >= 0.6 is 0 Å². The number of amides is 2. The number of hydrogen-bond donors (Lipinski definition) is 1. The second kappa shape index (κ2) is 9.32. The van der Waals surface area contributed by atoms with Crippen molar-refractivity contribution in [3.8, 4) is 0 Å². The zero-order chi connectivity index (χ0) is 20.1. The molecule has 2 fully saturated rings. The van der Waals surface area contributed by atoms with Crippen LogP contribution in [-0.2, 0) is 20.7 Å². The number of aliphatic hydroxyl groups is 1. The molecule has 152 valence electrons. The van der Waals surface area contributed by atoms with Crippen molar-refractivity contribution in [2.24, 2.45) is 5.92 Å². The normalized spacial score (nSPS) is 23.1. The van der Waals surface area contributed by atoms with Crippen molar-refractivity contribution in [3.05, 3.63) is 41.6 Å². The molecule has 2 amide bonds. The number of ether oxygens (including phenoxy) is 2. The van der Waals surface area contributed by atoms with E-state index >= 15 is 0 Å². The first-order valence-corrected chi connectivity index (χ1v) is 9.52. The summed E-state index contributed by atoms with van der Waals surface area (Å²) in [5.74, 6) is 2.00. The Bertz CT molecular complexity index is 720. The molecule has 0 bridgehead atoms. The van der Waals surface area contributed by atoms with E-state index in [9.17, 15) is 14.7 Å². The first-order chi connectivity index (χ1) is 13.5. The van der Waals surface area contributed by atoms with E-state index in [0.717, 1.165) is 5.56 Å². The number of urea groups is 1. The number of aliphatic hydroxyl groups excluding tert-OH is 1. The Hall–Kier alpha value is -2.22. The Balaban J connectivity index is 1.84. The van der Waals surface area contributed by atoms with Gasteiger partial charge in [-0.15, -0.1) is 0 Å². The van der Waals surface area contributed by atoms with Crippen molar-refractivity contribution >= 4 is 12.0 Å². The number of carbonyl (C=O) groups excluding carboxylic acids is 2. The van der Waals surface area contributed by atoms with Gasteiger partial charge in [-0.3, -0.25) is 9.91 Å². The van der Waals surface area contributed by atoms with Crippen LogP contribution in [0.2, 0.25) is 0 Å². The van der Waals surface area contributed by atoms with E-state index < -0.39 is 12.3 Å². The van der Waals surface area contributed by atoms with E-state index in [1.807, 2.05) is 50.1 Å². The van der Waals surface area contributed by atoms with Crippen molar-refractivity contribution in [2.75, 3.05) is 33.0 Å². The lowest BCUT2D eigenvalue weighted by Gasteiger charge is -2.40. The lowest BCUT2D eigenvalue weighted by atomic mass is 10.1. The quantitative estimate of drug-likeness (QED) is 0.764. The molecule has 2 saturated heterocycles. The summed E-state index contributed by atoms with van der Waals surface area (Å²) in [6.07, 6.45) is -0.475. The second-order valence-electron chi connectivity index (χ2n) is 7.39. The van der Waals surface area contributed by atoms with Crippen LogP contribution in [0.1, 0.15) is 19.4 Å². The molecule has 28 heavy (non-hydrogen) atoms. The van der Waals surface area contributed by atoms with Gasteiger partial charge in [0.25, 0.3) is 0 Å². The monoisotopic (exact) mass is 389 g/mol. The maximum absolute atomic E-state index is 13.3. The standard InChI is InChI=1S/C20H27N3O5/c1-15(2)11-22(20(26)21-8-9-27-13-17(21)12-24)23-14-28-19(25)18(23)10-16-6-4-3-5-7-16/h3-7,15,18-19,25H,8-11,13-14H2,1-2H3. The first-order valence-electron chi connectivity index (χ1n) is 9.52. The minimum atomic E-state index is -1.01.